The van der Waals surface area contributed by atoms with Gasteiger partial charge in [0.2, 0.25) is 10.0 Å². The number of hydrogen-bond acceptors (Lipinski definition) is 8. The second-order valence-corrected chi connectivity index (χ2v) is 10.8. The van der Waals surface area contributed by atoms with Gasteiger partial charge in [-0.3, -0.25) is 9.71 Å². The van der Waals surface area contributed by atoms with Crippen LogP contribution < -0.4 is 14.8 Å². The van der Waals surface area contributed by atoms with Gasteiger partial charge in [-0.15, -0.1) is 0 Å². The normalized spacial score (nSPS) is 11.3. The summed E-state index contributed by atoms with van der Waals surface area (Å²) in [7, 11) is -3.53. The number of halogens is 2. The molecule has 12 heteroatoms. The topological polar surface area (TPSA) is 119 Å². The molecule has 3 heterocycles. The van der Waals surface area contributed by atoms with Gasteiger partial charge < -0.3 is 10.1 Å². The summed E-state index contributed by atoms with van der Waals surface area (Å²) >= 11 is 12.6. The van der Waals surface area contributed by atoms with E-state index in [1.807, 2.05) is 42.5 Å². The van der Waals surface area contributed by atoms with Crippen LogP contribution in [0.3, 0.4) is 0 Å². The molecule has 0 saturated heterocycles. The first kappa shape index (κ1) is 25.7. The van der Waals surface area contributed by atoms with Crippen molar-refractivity contribution in [2.75, 3.05) is 16.3 Å². The number of benzene rings is 2. The van der Waals surface area contributed by atoms with Crippen LogP contribution in [0, 0.1) is 0 Å². The molecule has 0 aliphatic carbocycles. The molecular formula is C26H20Cl2N6O3S. The number of rotatable bonds is 8. The van der Waals surface area contributed by atoms with E-state index in [-0.39, 0.29) is 10.8 Å². The first-order valence-corrected chi connectivity index (χ1v) is 13.9. The maximum atomic E-state index is 11.7. The summed E-state index contributed by atoms with van der Waals surface area (Å²) < 4.78 is 31.6. The van der Waals surface area contributed by atoms with Crippen LogP contribution in [0.15, 0.2) is 79.4 Å². The average molecular weight is 567 g/mol. The van der Waals surface area contributed by atoms with Crippen molar-refractivity contribution in [1.29, 1.82) is 0 Å². The number of anilines is 3. The number of sulfonamides is 1. The molecule has 0 saturated carbocycles. The second-order valence-electron chi connectivity index (χ2n) is 8.27. The molecule has 3 aromatic heterocycles. The number of ether oxygens (including phenoxy) is 1. The monoisotopic (exact) mass is 566 g/mol. The molecule has 2 aromatic carbocycles. The number of nitrogens with one attached hydrogen (secondary N) is 2. The maximum absolute atomic E-state index is 11.7. The number of hydrogen-bond donors (Lipinski definition) is 2. The molecule has 0 bridgehead atoms. The highest BCUT2D eigenvalue weighted by molar-refractivity contribution is 7.92. The number of fused-ring (bicyclic) bond motifs is 1. The fraction of sp³-hybridized carbons (Fsp3) is 0.0769. The van der Waals surface area contributed by atoms with Crippen molar-refractivity contribution in [2.45, 2.75) is 6.61 Å². The van der Waals surface area contributed by atoms with Gasteiger partial charge >= 0.3 is 0 Å². The number of pyridine rings is 2. The van der Waals surface area contributed by atoms with E-state index < -0.39 is 10.0 Å². The summed E-state index contributed by atoms with van der Waals surface area (Å²) in [6.07, 6.45) is 5.79. The lowest BCUT2D eigenvalue weighted by Crippen LogP contribution is -2.10. The minimum atomic E-state index is -3.53. The molecule has 5 rings (SSSR count). The molecule has 0 unspecified atom stereocenters. The van der Waals surface area contributed by atoms with Crippen LogP contribution in [-0.2, 0) is 16.6 Å². The van der Waals surface area contributed by atoms with Crippen LogP contribution in [0.25, 0.3) is 22.0 Å². The molecule has 2 N–H and O–H groups in total. The van der Waals surface area contributed by atoms with E-state index in [0.717, 1.165) is 22.9 Å². The third-order valence-corrected chi connectivity index (χ3v) is 6.59. The summed E-state index contributed by atoms with van der Waals surface area (Å²) in [6.45, 7) is 0.299. The summed E-state index contributed by atoms with van der Waals surface area (Å²) in [5.41, 5.74) is 3.84. The Morgan fingerprint density at radius 3 is 2.55 bits per heavy atom. The largest absolute Gasteiger partial charge is 0.486 e. The van der Waals surface area contributed by atoms with E-state index >= 15 is 0 Å². The maximum Gasteiger partial charge on any atom is 0.229 e. The molecule has 0 amide bonds. The first-order valence-electron chi connectivity index (χ1n) is 11.2. The Morgan fingerprint density at radius 1 is 0.921 bits per heavy atom. The van der Waals surface area contributed by atoms with Crippen LogP contribution in [0.5, 0.6) is 5.75 Å². The van der Waals surface area contributed by atoms with Crippen LogP contribution in [-0.4, -0.2) is 34.6 Å². The van der Waals surface area contributed by atoms with E-state index in [0.29, 0.717) is 40.0 Å². The molecule has 192 valence electrons. The molecule has 0 fully saturated rings. The predicted octanol–water partition coefficient (Wildman–Crippen LogP) is 6.09. The SMILES string of the molecule is CS(=O)(=O)Nc1cc(-c2ccc3ncnc(Nc4ccc(OCc5ccccn5)c(Cl)c4)c3c2)cnc1Cl. The van der Waals surface area contributed by atoms with Gasteiger partial charge in [-0.05, 0) is 54.1 Å². The van der Waals surface area contributed by atoms with Crippen LogP contribution in [0.2, 0.25) is 10.2 Å². The van der Waals surface area contributed by atoms with Crippen molar-refractivity contribution < 1.29 is 13.2 Å². The Kier molecular flexibility index (Phi) is 7.28. The fourth-order valence-electron chi connectivity index (χ4n) is 3.68. The molecule has 38 heavy (non-hydrogen) atoms. The highest BCUT2D eigenvalue weighted by atomic mass is 35.5. The molecule has 0 spiro atoms. The van der Waals surface area contributed by atoms with Gasteiger partial charge in [0.25, 0.3) is 0 Å². The number of nitrogens with zero attached hydrogens (tertiary/aromatic N) is 4. The number of aromatic nitrogens is 4. The minimum absolute atomic E-state index is 0.0509. The predicted molar refractivity (Wildman–Crippen MR) is 150 cm³/mol. The lowest BCUT2D eigenvalue weighted by molar-refractivity contribution is 0.301. The van der Waals surface area contributed by atoms with Crippen LogP contribution in [0.1, 0.15) is 5.69 Å². The summed E-state index contributed by atoms with van der Waals surface area (Å²) in [5.74, 6) is 1.10. The average Bonchev–Trinajstić information content (AvgIpc) is 2.89. The summed E-state index contributed by atoms with van der Waals surface area (Å²) in [6, 6.07) is 18.2. The van der Waals surface area contributed by atoms with Gasteiger partial charge in [0.1, 0.15) is 24.5 Å². The quantitative estimate of drug-likeness (QED) is 0.216. The molecule has 0 aliphatic rings. The Hall–Kier alpha value is -3.99. The lowest BCUT2D eigenvalue weighted by Gasteiger charge is -2.13. The highest BCUT2D eigenvalue weighted by Crippen LogP contribution is 2.33. The Morgan fingerprint density at radius 2 is 1.79 bits per heavy atom. The lowest BCUT2D eigenvalue weighted by atomic mass is 10.0. The van der Waals surface area contributed by atoms with Crippen molar-refractivity contribution in [1.82, 2.24) is 19.9 Å². The molecule has 9 nitrogen and oxygen atoms in total. The molecule has 0 aliphatic heterocycles. The minimum Gasteiger partial charge on any atom is -0.486 e. The van der Waals surface area contributed by atoms with E-state index in [2.05, 4.69) is 30.0 Å². The summed E-state index contributed by atoms with van der Waals surface area (Å²) in [5, 5.41) is 4.51. The van der Waals surface area contributed by atoms with E-state index in [1.165, 1.54) is 6.33 Å². The van der Waals surface area contributed by atoms with E-state index in [4.69, 9.17) is 27.9 Å². The van der Waals surface area contributed by atoms with Crippen molar-refractivity contribution in [3.8, 4) is 16.9 Å². The standard InChI is InChI=1S/C26H20Cl2N6O3S/c1-38(35,36)34-23-11-17(13-30-25(23)28)16-5-7-22-20(10-16)26(32-15-31-22)33-18-6-8-24(21(27)12-18)37-14-19-4-2-3-9-29-19/h2-13,15,34H,14H2,1H3,(H,31,32,33). The van der Waals surface area contributed by atoms with Gasteiger partial charge in [-0.1, -0.05) is 35.3 Å². The van der Waals surface area contributed by atoms with Crippen molar-refractivity contribution >= 4 is 61.3 Å². The van der Waals surface area contributed by atoms with Gasteiger partial charge in [-0.2, -0.15) is 0 Å². The molecule has 0 radical (unpaired) electrons. The first-order chi connectivity index (χ1) is 18.2. The Bertz CT molecular complexity index is 1740. The van der Waals surface area contributed by atoms with Gasteiger partial charge in [-0.25, -0.2) is 23.4 Å². The zero-order valence-electron chi connectivity index (χ0n) is 19.9. The third kappa shape index (κ3) is 6.10. The van der Waals surface area contributed by atoms with Crippen LogP contribution in [0.4, 0.5) is 17.2 Å². The van der Waals surface area contributed by atoms with E-state index in [1.54, 1.807) is 30.6 Å². The third-order valence-electron chi connectivity index (χ3n) is 5.40. The Labute approximate surface area is 228 Å². The zero-order chi connectivity index (χ0) is 26.7. The molecule has 0 atom stereocenters. The van der Waals surface area contributed by atoms with Gasteiger partial charge in [0, 0.05) is 29.0 Å². The highest BCUT2D eigenvalue weighted by Gasteiger charge is 2.12. The van der Waals surface area contributed by atoms with Crippen molar-refractivity contribution in [3.05, 3.63) is 95.3 Å². The molecular weight excluding hydrogens is 547 g/mol. The van der Waals surface area contributed by atoms with Crippen molar-refractivity contribution in [3.63, 3.8) is 0 Å². The van der Waals surface area contributed by atoms with E-state index in [9.17, 15) is 8.42 Å². The smallest absolute Gasteiger partial charge is 0.229 e. The summed E-state index contributed by atoms with van der Waals surface area (Å²) in [4.78, 5) is 17.1. The van der Waals surface area contributed by atoms with Gasteiger partial charge in [0.05, 0.1) is 28.2 Å². The van der Waals surface area contributed by atoms with Crippen molar-refractivity contribution in [2.24, 2.45) is 0 Å². The Balaban J connectivity index is 1.41. The second kappa shape index (κ2) is 10.8. The fourth-order valence-corrected chi connectivity index (χ4v) is 4.68. The van der Waals surface area contributed by atoms with Gasteiger partial charge in [0.15, 0.2) is 5.15 Å². The molecule has 5 aromatic rings. The zero-order valence-corrected chi connectivity index (χ0v) is 22.2. The van der Waals surface area contributed by atoms with Crippen LogP contribution >= 0.6 is 23.2 Å².